The number of ether oxygens (including phenoxy) is 2. The molecular formula is C23H29N3O6S. The van der Waals surface area contributed by atoms with Crippen LogP contribution in [0.4, 0.5) is 11.4 Å². The van der Waals surface area contributed by atoms with Gasteiger partial charge in [-0.2, -0.15) is 4.31 Å². The zero-order valence-corrected chi connectivity index (χ0v) is 19.6. The van der Waals surface area contributed by atoms with E-state index in [1.165, 1.54) is 10.4 Å². The molecular weight excluding hydrogens is 446 g/mol. The van der Waals surface area contributed by atoms with Gasteiger partial charge in [-0.3, -0.25) is 4.79 Å². The highest BCUT2D eigenvalue weighted by atomic mass is 32.2. The van der Waals surface area contributed by atoms with Crippen molar-refractivity contribution in [2.24, 2.45) is 0 Å². The van der Waals surface area contributed by atoms with Crippen molar-refractivity contribution in [1.82, 2.24) is 4.31 Å². The molecule has 2 aromatic carbocycles. The average Bonchev–Trinajstić information content (AvgIpc) is 2.83. The molecule has 0 saturated carbocycles. The van der Waals surface area contributed by atoms with Gasteiger partial charge in [-0.05, 0) is 55.3 Å². The van der Waals surface area contributed by atoms with Gasteiger partial charge in [0.15, 0.2) is 0 Å². The fourth-order valence-corrected chi connectivity index (χ4v) is 4.65. The molecule has 0 atom stereocenters. The Bertz CT molecular complexity index is 1080. The molecule has 9 nitrogen and oxygen atoms in total. The summed E-state index contributed by atoms with van der Waals surface area (Å²) < 4.78 is 37.5. The summed E-state index contributed by atoms with van der Waals surface area (Å²) in [6.07, 6.45) is 0.752. The van der Waals surface area contributed by atoms with E-state index in [1.54, 1.807) is 43.3 Å². The SMILES string of the molecule is CCCOC(=O)c1ccc(NCC(=O)Nc2cc(S(=O)(=O)N3CCOCC3)ccc2C)cc1. The number of hydrogen-bond acceptors (Lipinski definition) is 7. The molecule has 10 heteroatoms. The number of nitrogens with one attached hydrogen (secondary N) is 2. The molecule has 2 aromatic rings. The Balaban J connectivity index is 1.60. The second-order valence-corrected chi connectivity index (χ2v) is 9.55. The molecule has 1 saturated heterocycles. The molecule has 33 heavy (non-hydrogen) atoms. The van der Waals surface area contributed by atoms with Gasteiger partial charge in [0.25, 0.3) is 0 Å². The number of amides is 1. The number of hydrogen-bond donors (Lipinski definition) is 2. The number of sulfonamides is 1. The highest BCUT2D eigenvalue weighted by Crippen LogP contribution is 2.23. The number of morpholine rings is 1. The topological polar surface area (TPSA) is 114 Å². The number of rotatable bonds is 9. The minimum Gasteiger partial charge on any atom is -0.462 e. The largest absolute Gasteiger partial charge is 0.462 e. The van der Waals surface area contributed by atoms with Crippen LogP contribution in [0.5, 0.6) is 0 Å². The van der Waals surface area contributed by atoms with E-state index < -0.39 is 10.0 Å². The summed E-state index contributed by atoms with van der Waals surface area (Å²) in [5.41, 5.74) is 2.29. The molecule has 0 radical (unpaired) electrons. The highest BCUT2D eigenvalue weighted by molar-refractivity contribution is 7.89. The maximum Gasteiger partial charge on any atom is 0.338 e. The van der Waals surface area contributed by atoms with Gasteiger partial charge < -0.3 is 20.1 Å². The van der Waals surface area contributed by atoms with Gasteiger partial charge in [-0.25, -0.2) is 13.2 Å². The van der Waals surface area contributed by atoms with Gasteiger partial charge in [0.2, 0.25) is 15.9 Å². The van der Waals surface area contributed by atoms with Crippen molar-refractivity contribution in [3.63, 3.8) is 0 Å². The summed E-state index contributed by atoms with van der Waals surface area (Å²) in [6.45, 7) is 5.39. The number of esters is 1. The Morgan fingerprint density at radius 3 is 2.45 bits per heavy atom. The van der Waals surface area contributed by atoms with Crippen LogP contribution in [0.3, 0.4) is 0 Å². The van der Waals surface area contributed by atoms with Crippen molar-refractivity contribution in [3.8, 4) is 0 Å². The van der Waals surface area contributed by atoms with Crippen LogP contribution in [-0.4, -0.2) is 64.1 Å². The van der Waals surface area contributed by atoms with E-state index in [0.717, 1.165) is 12.0 Å². The Kier molecular flexibility index (Phi) is 8.43. The Labute approximate surface area is 194 Å². The van der Waals surface area contributed by atoms with Gasteiger partial charge in [-0.1, -0.05) is 13.0 Å². The first kappa shape index (κ1) is 24.7. The van der Waals surface area contributed by atoms with Crippen LogP contribution >= 0.6 is 0 Å². The second-order valence-electron chi connectivity index (χ2n) is 7.61. The summed E-state index contributed by atoms with van der Waals surface area (Å²) in [5.74, 6) is -0.714. The van der Waals surface area contributed by atoms with Gasteiger partial charge in [0.1, 0.15) is 0 Å². The predicted molar refractivity (Wildman–Crippen MR) is 125 cm³/mol. The van der Waals surface area contributed by atoms with E-state index in [9.17, 15) is 18.0 Å². The summed E-state index contributed by atoms with van der Waals surface area (Å²) >= 11 is 0. The third kappa shape index (κ3) is 6.53. The second kappa shape index (κ2) is 11.3. The molecule has 0 spiro atoms. The standard InChI is InChI=1S/C23H29N3O6S/c1-3-12-32-23(28)18-5-7-19(8-6-18)24-16-22(27)25-21-15-20(9-4-17(21)2)33(29,30)26-10-13-31-14-11-26/h4-9,15,24H,3,10-14,16H2,1-2H3,(H,25,27). The fourth-order valence-electron chi connectivity index (χ4n) is 3.21. The number of benzene rings is 2. The maximum atomic E-state index is 12.9. The third-order valence-corrected chi connectivity index (χ3v) is 7.00. The van der Waals surface area contributed by atoms with Crippen molar-refractivity contribution in [2.45, 2.75) is 25.2 Å². The molecule has 1 aliphatic rings. The average molecular weight is 476 g/mol. The fraction of sp³-hybridized carbons (Fsp3) is 0.391. The number of nitrogens with zero attached hydrogens (tertiary/aromatic N) is 1. The highest BCUT2D eigenvalue weighted by Gasteiger charge is 2.26. The van der Waals surface area contributed by atoms with E-state index in [1.807, 2.05) is 6.92 Å². The molecule has 1 aliphatic heterocycles. The molecule has 1 fully saturated rings. The van der Waals surface area contributed by atoms with Crippen molar-refractivity contribution in [2.75, 3.05) is 50.1 Å². The molecule has 0 aromatic heterocycles. The summed E-state index contributed by atoms with van der Waals surface area (Å²) in [4.78, 5) is 24.5. The lowest BCUT2D eigenvalue weighted by atomic mass is 10.2. The Morgan fingerprint density at radius 2 is 1.79 bits per heavy atom. The molecule has 2 N–H and O–H groups in total. The van der Waals surface area contributed by atoms with Crippen molar-refractivity contribution in [1.29, 1.82) is 0 Å². The van der Waals surface area contributed by atoms with Crippen molar-refractivity contribution >= 4 is 33.3 Å². The van der Waals surface area contributed by atoms with Crippen LogP contribution in [0.2, 0.25) is 0 Å². The van der Waals surface area contributed by atoms with Crippen molar-refractivity contribution < 1.29 is 27.5 Å². The van der Waals surface area contributed by atoms with E-state index in [2.05, 4.69) is 10.6 Å². The molecule has 0 aliphatic carbocycles. The quantitative estimate of drug-likeness (QED) is 0.536. The lowest BCUT2D eigenvalue weighted by Gasteiger charge is -2.26. The van der Waals surface area contributed by atoms with Crippen LogP contribution in [-0.2, 0) is 24.3 Å². The first-order valence-corrected chi connectivity index (χ1v) is 12.2. The number of aryl methyl sites for hydroxylation is 1. The van der Waals surface area contributed by atoms with Gasteiger partial charge in [0, 0.05) is 24.5 Å². The Morgan fingerprint density at radius 1 is 1.09 bits per heavy atom. The zero-order valence-electron chi connectivity index (χ0n) is 18.8. The molecule has 3 rings (SSSR count). The maximum absolute atomic E-state index is 12.9. The summed E-state index contributed by atoms with van der Waals surface area (Å²) in [5, 5.41) is 5.75. The van der Waals surface area contributed by atoms with E-state index in [4.69, 9.17) is 9.47 Å². The van der Waals surface area contributed by atoms with E-state index >= 15 is 0 Å². The zero-order chi connectivity index (χ0) is 23.8. The first-order chi connectivity index (χ1) is 15.8. The molecule has 178 valence electrons. The van der Waals surface area contributed by atoms with Crippen LogP contribution in [0.15, 0.2) is 47.4 Å². The van der Waals surface area contributed by atoms with Crippen LogP contribution in [0.1, 0.15) is 29.3 Å². The normalized spacial score (nSPS) is 14.5. The number of carbonyl (C=O) groups is 2. The molecule has 1 heterocycles. The summed E-state index contributed by atoms with van der Waals surface area (Å²) in [7, 11) is -3.66. The number of anilines is 2. The first-order valence-electron chi connectivity index (χ1n) is 10.8. The lowest BCUT2D eigenvalue weighted by Crippen LogP contribution is -2.40. The van der Waals surface area contributed by atoms with Crippen LogP contribution in [0.25, 0.3) is 0 Å². The van der Waals surface area contributed by atoms with E-state index in [-0.39, 0.29) is 23.3 Å². The van der Waals surface area contributed by atoms with Gasteiger partial charge in [-0.15, -0.1) is 0 Å². The van der Waals surface area contributed by atoms with Crippen molar-refractivity contribution in [3.05, 3.63) is 53.6 Å². The molecule has 0 bridgehead atoms. The monoisotopic (exact) mass is 475 g/mol. The third-order valence-electron chi connectivity index (χ3n) is 5.10. The lowest BCUT2D eigenvalue weighted by molar-refractivity contribution is -0.114. The Hall–Kier alpha value is -2.95. The number of carbonyl (C=O) groups excluding carboxylic acids is 2. The van der Waals surface area contributed by atoms with Crippen LogP contribution < -0.4 is 10.6 Å². The van der Waals surface area contributed by atoms with E-state index in [0.29, 0.717) is 49.8 Å². The predicted octanol–water partition coefficient (Wildman–Crippen LogP) is 2.63. The summed E-state index contributed by atoms with van der Waals surface area (Å²) in [6, 6.07) is 11.3. The van der Waals surface area contributed by atoms with Crippen LogP contribution in [0, 0.1) is 6.92 Å². The van der Waals surface area contributed by atoms with Gasteiger partial charge >= 0.3 is 5.97 Å². The van der Waals surface area contributed by atoms with Gasteiger partial charge in [0.05, 0.1) is 36.8 Å². The minimum absolute atomic E-state index is 0.0283. The molecule has 1 amide bonds. The molecule has 0 unspecified atom stereocenters. The smallest absolute Gasteiger partial charge is 0.338 e. The minimum atomic E-state index is -3.66.